The van der Waals surface area contributed by atoms with E-state index >= 15 is 0 Å². The summed E-state index contributed by atoms with van der Waals surface area (Å²) in [6.07, 6.45) is 0.627. The number of rotatable bonds is 3. The van der Waals surface area contributed by atoms with Gasteiger partial charge in [-0.15, -0.1) is 11.3 Å². The normalized spacial score (nSPS) is 10.8. The maximum Gasteiger partial charge on any atom is 0.174 e. The van der Waals surface area contributed by atoms with Crippen molar-refractivity contribution in [2.75, 3.05) is 0 Å². The molecule has 1 heterocycles. The number of thiazole rings is 1. The topological polar surface area (TPSA) is 30.0 Å². The van der Waals surface area contributed by atoms with Gasteiger partial charge in [0.15, 0.2) is 5.78 Å². The Hall–Kier alpha value is -0.700. The summed E-state index contributed by atoms with van der Waals surface area (Å²) in [5.41, 5.74) is 0.883. The van der Waals surface area contributed by atoms with E-state index in [2.05, 4.69) is 18.8 Å². The standard InChI is InChI=1S/C10H15NOS/c1-6(2)5-9(12)10-7(3)11-8(4)13-10/h6H,5H2,1-4H3. The highest BCUT2D eigenvalue weighted by molar-refractivity contribution is 7.13. The average Bonchev–Trinajstić information content (AvgIpc) is 2.28. The predicted octanol–water partition coefficient (Wildman–Crippen LogP) is 2.99. The van der Waals surface area contributed by atoms with Gasteiger partial charge in [0.25, 0.3) is 0 Å². The van der Waals surface area contributed by atoms with Gasteiger partial charge in [0.1, 0.15) is 0 Å². The first-order valence-corrected chi connectivity index (χ1v) is 5.29. The molecule has 1 aromatic heterocycles. The summed E-state index contributed by atoms with van der Waals surface area (Å²) >= 11 is 1.50. The van der Waals surface area contributed by atoms with Gasteiger partial charge >= 0.3 is 0 Å². The molecule has 0 saturated heterocycles. The van der Waals surface area contributed by atoms with Crippen LogP contribution in [0.15, 0.2) is 0 Å². The molecule has 0 saturated carbocycles. The molecule has 0 aliphatic heterocycles. The second-order valence-electron chi connectivity index (χ2n) is 3.67. The third kappa shape index (κ3) is 2.62. The van der Waals surface area contributed by atoms with Crippen molar-refractivity contribution in [1.29, 1.82) is 0 Å². The fraction of sp³-hybridized carbons (Fsp3) is 0.600. The largest absolute Gasteiger partial charge is 0.293 e. The zero-order valence-corrected chi connectivity index (χ0v) is 9.36. The van der Waals surface area contributed by atoms with E-state index in [0.717, 1.165) is 15.6 Å². The Bertz CT molecular complexity index is 315. The Morgan fingerprint density at radius 2 is 2.08 bits per heavy atom. The van der Waals surface area contributed by atoms with Crippen molar-refractivity contribution >= 4 is 17.1 Å². The number of aryl methyl sites for hydroxylation is 2. The van der Waals surface area contributed by atoms with E-state index < -0.39 is 0 Å². The molecule has 0 spiro atoms. The number of Topliss-reactive ketones (excluding diaryl/α,β-unsaturated/α-hetero) is 1. The van der Waals surface area contributed by atoms with Crippen LogP contribution in [0.4, 0.5) is 0 Å². The number of hydrogen-bond donors (Lipinski definition) is 0. The zero-order chi connectivity index (χ0) is 10.0. The quantitative estimate of drug-likeness (QED) is 0.697. The van der Waals surface area contributed by atoms with Crippen molar-refractivity contribution in [2.24, 2.45) is 5.92 Å². The molecule has 0 aromatic carbocycles. The van der Waals surface area contributed by atoms with Gasteiger partial charge in [-0.3, -0.25) is 4.79 Å². The first-order chi connectivity index (χ1) is 6.00. The maximum absolute atomic E-state index is 11.7. The molecule has 0 aliphatic rings. The number of carbonyl (C=O) groups excluding carboxylic acids is 1. The van der Waals surface area contributed by atoms with Crippen molar-refractivity contribution in [1.82, 2.24) is 4.98 Å². The van der Waals surface area contributed by atoms with Crippen molar-refractivity contribution in [3.05, 3.63) is 15.6 Å². The average molecular weight is 197 g/mol. The van der Waals surface area contributed by atoms with Crippen LogP contribution in [-0.2, 0) is 0 Å². The second kappa shape index (κ2) is 4.01. The third-order valence-electron chi connectivity index (χ3n) is 1.75. The SMILES string of the molecule is Cc1nc(C)c(C(=O)CC(C)C)s1. The monoisotopic (exact) mass is 197 g/mol. The summed E-state index contributed by atoms with van der Waals surface area (Å²) in [5, 5.41) is 0.976. The number of nitrogens with zero attached hydrogens (tertiary/aromatic N) is 1. The molecule has 72 valence electrons. The highest BCUT2D eigenvalue weighted by Gasteiger charge is 2.14. The van der Waals surface area contributed by atoms with Crippen LogP contribution in [-0.4, -0.2) is 10.8 Å². The molecule has 0 amide bonds. The van der Waals surface area contributed by atoms with E-state index in [9.17, 15) is 4.79 Å². The van der Waals surface area contributed by atoms with E-state index in [1.807, 2.05) is 13.8 Å². The van der Waals surface area contributed by atoms with Crippen LogP contribution in [0.25, 0.3) is 0 Å². The number of carbonyl (C=O) groups is 1. The van der Waals surface area contributed by atoms with Crippen LogP contribution in [0.2, 0.25) is 0 Å². The van der Waals surface area contributed by atoms with Crippen LogP contribution in [0.1, 0.15) is 40.6 Å². The molecule has 0 N–H and O–H groups in total. The Labute approximate surface area is 83.0 Å². The highest BCUT2D eigenvalue weighted by atomic mass is 32.1. The van der Waals surface area contributed by atoms with Crippen molar-refractivity contribution in [3.8, 4) is 0 Å². The van der Waals surface area contributed by atoms with Gasteiger partial charge in [0, 0.05) is 6.42 Å². The van der Waals surface area contributed by atoms with Gasteiger partial charge in [-0.2, -0.15) is 0 Å². The molecule has 0 bridgehead atoms. The van der Waals surface area contributed by atoms with Crippen LogP contribution in [0.5, 0.6) is 0 Å². The molecule has 3 heteroatoms. The first-order valence-electron chi connectivity index (χ1n) is 4.48. The summed E-state index contributed by atoms with van der Waals surface area (Å²) in [7, 11) is 0. The molecule has 0 atom stereocenters. The number of ketones is 1. The van der Waals surface area contributed by atoms with Crippen LogP contribution >= 0.6 is 11.3 Å². The molecular formula is C10H15NOS. The second-order valence-corrected chi connectivity index (χ2v) is 4.87. The van der Waals surface area contributed by atoms with Crippen molar-refractivity contribution in [2.45, 2.75) is 34.1 Å². The molecule has 0 unspecified atom stereocenters. The van der Waals surface area contributed by atoms with Crippen molar-refractivity contribution < 1.29 is 4.79 Å². The summed E-state index contributed by atoms with van der Waals surface area (Å²) in [6, 6.07) is 0. The lowest BCUT2D eigenvalue weighted by molar-refractivity contribution is 0.0971. The molecule has 1 rings (SSSR count). The van der Waals surface area contributed by atoms with Gasteiger partial charge in [0.05, 0.1) is 15.6 Å². The lowest BCUT2D eigenvalue weighted by atomic mass is 10.1. The Morgan fingerprint density at radius 3 is 2.46 bits per heavy atom. The zero-order valence-electron chi connectivity index (χ0n) is 8.55. The van der Waals surface area contributed by atoms with E-state index in [4.69, 9.17) is 0 Å². The molecule has 1 aromatic rings. The van der Waals surface area contributed by atoms with Gasteiger partial charge in [0.2, 0.25) is 0 Å². The molecule has 13 heavy (non-hydrogen) atoms. The molecular weight excluding hydrogens is 182 g/mol. The summed E-state index contributed by atoms with van der Waals surface area (Å²) in [6.45, 7) is 7.95. The van der Waals surface area contributed by atoms with Crippen LogP contribution < -0.4 is 0 Å². The maximum atomic E-state index is 11.7. The minimum atomic E-state index is 0.234. The Balaban J connectivity index is 2.82. The summed E-state index contributed by atoms with van der Waals surface area (Å²) < 4.78 is 0. The minimum absolute atomic E-state index is 0.234. The van der Waals surface area contributed by atoms with Crippen LogP contribution in [0.3, 0.4) is 0 Å². The lowest BCUT2D eigenvalue weighted by Gasteiger charge is -2.01. The molecule has 0 aliphatic carbocycles. The predicted molar refractivity (Wildman–Crippen MR) is 55.4 cm³/mol. The van der Waals surface area contributed by atoms with Gasteiger partial charge < -0.3 is 0 Å². The van der Waals surface area contributed by atoms with Gasteiger partial charge in [-0.05, 0) is 19.8 Å². The minimum Gasteiger partial charge on any atom is -0.293 e. The molecule has 0 radical (unpaired) electrons. The summed E-state index contributed by atoms with van der Waals surface area (Å²) in [4.78, 5) is 16.7. The van der Waals surface area contributed by atoms with Crippen molar-refractivity contribution in [3.63, 3.8) is 0 Å². The summed E-state index contributed by atoms with van der Waals surface area (Å²) in [5.74, 6) is 0.660. The lowest BCUT2D eigenvalue weighted by Crippen LogP contribution is -2.02. The molecule has 2 nitrogen and oxygen atoms in total. The smallest absolute Gasteiger partial charge is 0.174 e. The van der Waals surface area contributed by atoms with E-state index in [-0.39, 0.29) is 5.78 Å². The van der Waals surface area contributed by atoms with E-state index in [0.29, 0.717) is 12.3 Å². The first kappa shape index (κ1) is 10.4. The third-order valence-corrected chi connectivity index (χ3v) is 2.86. The number of hydrogen-bond acceptors (Lipinski definition) is 3. The highest BCUT2D eigenvalue weighted by Crippen LogP contribution is 2.20. The molecule has 0 fully saturated rings. The van der Waals surface area contributed by atoms with E-state index in [1.165, 1.54) is 11.3 Å². The Morgan fingerprint density at radius 1 is 1.46 bits per heavy atom. The number of aromatic nitrogens is 1. The van der Waals surface area contributed by atoms with Gasteiger partial charge in [-0.1, -0.05) is 13.8 Å². The van der Waals surface area contributed by atoms with E-state index in [1.54, 1.807) is 0 Å². The van der Waals surface area contributed by atoms with Crippen LogP contribution in [0, 0.1) is 19.8 Å². The van der Waals surface area contributed by atoms with Gasteiger partial charge in [-0.25, -0.2) is 4.98 Å². The fourth-order valence-electron chi connectivity index (χ4n) is 1.25. The Kier molecular flexibility index (Phi) is 3.20. The fourth-order valence-corrected chi connectivity index (χ4v) is 2.12.